The fraction of sp³-hybridized carbons (Fsp3) is 0.357. The second-order valence-electron chi connectivity index (χ2n) is 4.50. The molecule has 1 aliphatic heterocycles. The molecule has 0 bridgehead atoms. The molecule has 2 rings (SSSR count). The lowest BCUT2D eigenvalue weighted by atomic mass is 10.1. The predicted molar refractivity (Wildman–Crippen MR) is 78.5 cm³/mol. The third-order valence-electron chi connectivity index (χ3n) is 2.89. The molecule has 1 aromatic carbocycles. The van der Waals surface area contributed by atoms with E-state index in [2.05, 4.69) is 10.2 Å². The van der Waals surface area contributed by atoms with Crippen LogP contribution in [0.2, 0.25) is 0 Å². The maximum atomic E-state index is 9.10. The summed E-state index contributed by atoms with van der Waals surface area (Å²) >= 11 is 0. The summed E-state index contributed by atoms with van der Waals surface area (Å²) in [5.74, 6) is -3.12. The molecule has 21 heavy (non-hydrogen) atoms. The lowest BCUT2D eigenvalue weighted by molar-refractivity contribution is -0.159. The number of carbonyl (C=O) groups is 2. The van der Waals surface area contributed by atoms with E-state index in [9.17, 15) is 0 Å². The summed E-state index contributed by atoms with van der Waals surface area (Å²) in [6.45, 7) is 2.03. The van der Waals surface area contributed by atoms with Gasteiger partial charge < -0.3 is 20.4 Å². The Morgan fingerprint density at radius 3 is 2.00 bits per heavy atom. The average Bonchev–Trinajstić information content (AvgIpc) is 2.49. The molecule has 1 saturated heterocycles. The molecular formula is C14H19N3O4. The number of anilines is 1. The Balaban J connectivity index is 0.000000315. The molecule has 0 aliphatic carbocycles. The van der Waals surface area contributed by atoms with E-state index in [1.807, 2.05) is 30.3 Å². The highest BCUT2D eigenvalue weighted by molar-refractivity contribution is 6.27. The molecule has 7 nitrogen and oxygen atoms in total. The first-order valence-electron chi connectivity index (χ1n) is 6.62. The summed E-state index contributed by atoms with van der Waals surface area (Å²) in [5, 5.41) is 25.8. The highest BCUT2D eigenvalue weighted by Crippen LogP contribution is 2.11. The van der Waals surface area contributed by atoms with Crippen molar-refractivity contribution in [3.63, 3.8) is 0 Å². The third kappa shape index (κ3) is 6.42. The van der Waals surface area contributed by atoms with Crippen LogP contribution in [0.5, 0.6) is 0 Å². The van der Waals surface area contributed by atoms with E-state index in [0.29, 0.717) is 5.96 Å². The molecule has 0 amide bonds. The maximum absolute atomic E-state index is 9.10. The van der Waals surface area contributed by atoms with Crippen LogP contribution in [0.15, 0.2) is 30.3 Å². The highest BCUT2D eigenvalue weighted by Gasteiger charge is 2.12. The number of carboxylic acids is 2. The molecule has 0 spiro atoms. The zero-order chi connectivity index (χ0) is 15.7. The number of piperidine rings is 1. The molecule has 0 saturated carbocycles. The third-order valence-corrected chi connectivity index (χ3v) is 2.89. The molecule has 7 heteroatoms. The minimum Gasteiger partial charge on any atom is -0.473 e. The summed E-state index contributed by atoms with van der Waals surface area (Å²) in [4.78, 5) is 20.3. The van der Waals surface area contributed by atoms with Crippen LogP contribution in [0.25, 0.3) is 0 Å². The van der Waals surface area contributed by atoms with Crippen molar-refractivity contribution in [1.82, 2.24) is 4.90 Å². The Bertz CT molecular complexity index is 472. The molecule has 1 aromatic rings. The zero-order valence-corrected chi connectivity index (χ0v) is 11.6. The largest absolute Gasteiger partial charge is 0.473 e. The average molecular weight is 293 g/mol. The second-order valence-corrected chi connectivity index (χ2v) is 4.50. The Kier molecular flexibility index (Phi) is 6.73. The molecule has 0 radical (unpaired) electrons. The molecule has 1 fully saturated rings. The number of nitrogens with one attached hydrogen (secondary N) is 2. The number of nitrogens with zero attached hydrogens (tertiary/aromatic N) is 1. The molecule has 1 heterocycles. The first kappa shape index (κ1) is 16.5. The van der Waals surface area contributed by atoms with E-state index in [1.54, 1.807) is 0 Å². The second kappa shape index (κ2) is 8.57. The van der Waals surface area contributed by atoms with Crippen molar-refractivity contribution < 1.29 is 19.8 Å². The summed E-state index contributed by atoms with van der Waals surface area (Å²) in [6.07, 6.45) is 3.72. The van der Waals surface area contributed by atoms with Crippen LogP contribution < -0.4 is 5.32 Å². The highest BCUT2D eigenvalue weighted by atomic mass is 16.4. The molecular weight excluding hydrogens is 274 g/mol. The van der Waals surface area contributed by atoms with Crippen molar-refractivity contribution in [1.29, 1.82) is 5.41 Å². The van der Waals surface area contributed by atoms with Crippen molar-refractivity contribution >= 4 is 23.6 Å². The monoisotopic (exact) mass is 293 g/mol. The Morgan fingerprint density at radius 2 is 1.52 bits per heavy atom. The molecule has 0 unspecified atom stereocenters. The van der Waals surface area contributed by atoms with Crippen molar-refractivity contribution in [2.24, 2.45) is 0 Å². The molecule has 0 atom stereocenters. The number of hydrogen-bond donors (Lipinski definition) is 4. The van der Waals surface area contributed by atoms with E-state index >= 15 is 0 Å². The van der Waals surface area contributed by atoms with Gasteiger partial charge in [0.25, 0.3) is 0 Å². The van der Waals surface area contributed by atoms with Crippen LogP contribution >= 0.6 is 0 Å². The van der Waals surface area contributed by atoms with E-state index < -0.39 is 11.9 Å². The normalized spacial score (nSPS) is 13.6. The topological polar surface area (TPSA) is 114 Å². The molecule has 4 N–H and O–H groups in total. The fourth-order valence-corrected chi connectivity index (χ4v) is 1.85. The standard InChI is InChI=1S/C12H17N3.C2H2O4/c13-12(15-9-5-2-6-10-15)14-11-7-3-1-4-8-11;3-1(4)2(5)6/h1,3-4,7-8H,2,5-6,9-10H2,(H2,13,14);(H,3,4)(H,5,6). The van der Waals surface area contributed by atoms with Crippen molar-refractivity contribution in [3.8, 4) is 0 Å². The first-order valence-corrected chi connectivity index (χ1v) is 6.62. The van der Waals surface area contributed by atoms with Gasteiger partial charge in [0.2, 0.25) is 0 Å². The van der Waals surface area contributed by atoms with E-state index in [0.717, 1.165) is 18.8 Å². The number of benzene rings is 1. The van der Waals surface area contributed by atoms with E-state index in [4.69, 9.17) is 25.2 Å². The van der Waals surface area contributed by atoms with Crippen molar-refractivity contribution in [3.05, 3.63) is 30.3 Å². The van der Waals surface area contributed by atoms with Gasteiger partial charge in [-0.3, -0.25) is 5.41 Å². The van der Waals surface area contributed by atoms with E-state index in [-0.39, 0.29) is 0 Å². The summed E-state index contributed by atoms with van der Waals surface area (Å²) < 4.78 is 0. The van der Waals surface area contributed by atoms with Gasteiger partial charge in [-0.25, -0.2) is 9.59 Å². The van der Waals surface area contributed by atoms with Gasteiger partial charge in [0.1, 0.15) is 0 Å². The Labute approximate surface area is 122 Å². The number of para-hydroxylation sites is 1. The van der Waals surface area contributed by atoms with Gasteiger partial charge in [-0.2, -0.15) is 0 Å². The summed E-state index contributed by atoms with van der Waals surface area (Å²) in [6, 6.07) is 9.91. The number of guanidine groups is 1. The summed E-state index contributed by atoms with van der Waals surface area (Å²) in [5.41, 5.74) is 0.994. The quantitative estimate of drug-likeness (QED) is 0.356. The number of hydrogen-bond acceptors (Lipinski definition) is 3. The number of likely N-dealkylation sites (tertiary alicyclic amines) is 1. The van der Waals surface area contributed by atoms with E-state index in [1.165, 1.54) is 19.3 Å². The van der Waals surface area contributed by atoms with Gasteiger partial charge in [-0.05, 0) is 31.4 Å². The SMILES string of the molecule is N=C(Nc1ccccc1)N1CCCCC1.O=C(O)C(=O)O. The van der Waals surface area contributed by atoms with Gasteiger partial charge in [-0.1, -0.05) is 18.2 Å². The predicted octanol–water partition coefficient (Wildman–Crippen LogP) is 1.67. The lowest BCUT2D eigenvalue weighted by Gasteiger charge is -2.29. The van der Waals surface area contributed by atoms with Gasteiger partial charge in [0.15, 0.2) is 5.96 Å². The maximum Gasteiger partial charge on any atom is 0.414 e. The lowest BCUT2D eigenvalue weighted by Crippen LogP contribution is -2.39. The van der Waals surface area contributed by atoms with Crippen LogP contribution in [0.1, 0.15) is 19.3 Å². The first-order chi connectivity index (χ1) is 10.0. The Hall–Kier alpha value is -2.57. The zero-order valence-electron chi connectivity index (χ0n) is 11.6. The van der Waals surface area contributed by atoms with Crippen molar-refractivity contribution in [2.45, 2.75) is 19.3 Å². The number of aliphatic carboxylic acids is 2. The van der Waals surface area contributed by atoms with Gasteiger partial charge in [0.05, 0.1) is 0 Å². The minimum atomic E-state index is -1.82. The van der Waals surface area contributed by atoms with Crippen LogP contribution in [0, 0.1) is 5.41 Å². The van der Waals surface area contributed by atoms with Crippen LogP contribution in [0.4, 0.5) is 5.69 Å². The van der Waals surface area contributed by atoms with Crippen LogP contribution in [-0.4, -0.2) is 46.1 Å². The van der Waals surface area contributed by atoms with Gasteiger partial charge >= 0.3 is 11.9 Å². The molecule has 1 aliphatic rings. The molecule has 114 valence electrons. The molecule has 0 aromatic heterocycles. The minimum absolute atomic E-state index is 0.529. The smallest absolute Gasteiger partial charge is 0.414 e. The summed E-state index contributed by atoms with van der Waals surface area (Å²) in [7, 11) is 0. The van der Waals surface area contributed by atoms with Gasteiger partial charge in [-0.15, -0.1) is 0 Å². The van der Waals surface area contributed by atoms with Crippen molar-refractivity contribution in [2.75, 3.05) is 18.4 Å². The van der Waals surface area contributed by atoms with Crippen LogP contribution in [0.3, 0.4) is 0 Å². The van der Waals surface area contributed by atoms with Crippen LogP contribution in [-0.2, 0) is 9.59 Å². The fourth-order valence-electron chi connectivity index (χ4n) is 1.85. The number of rotatable bonds is 1. The number of carboxylic acid groups (broad SMARTS) is 2. The Morgan fingerprint density at radius 1 is 1.00 bits per heavy atom. The van der Waals surface area contributed by atoms with Gasteiger partial charge in [0, 0.05) is 18.8 Å².